The van der Waals surface area contributed by atoms with Crippen LogP contribution >= 0.6 is 11.3 Å². The summed E-state index contributed by atoms with van der Waals surface area (Å²) < 4.78 is 13.1. The van der Waals surface area contributed by atoms with Crippen LogP contribution < -0.4 is 5.32 Å². The summed E-state index contributed by atoms with van der Waals surface area (Å²) in [7, 11) is 0. The van der Waals surface area contributed by atoms with E-state index in [1.807, 2.05) is 6.07 Å². The van der Waals surface area contributed by atoms with E-state index in [0.29, 0.717) is 13.0 Å². The second kappa shape index (κ2) is 5.75. The molecule has 3 nitrogen and oxygen atoms in total. The van der Waals surface area contributed by atoms with E-state index < -0.39 is 0 Å². The average molecular weight is 279 g/mol. The number of aromatic nitrogens is 2. The van der Waals surface area contributed by atoms with E-state index >= 15 is 0 Å². The van der Waals surface area contributed by atoms with Gasteiger partial charge in [-0.25, -0.2) is 4.39 Å². The summed E-state index contributed by atoms with van der Waals surface area (Å²) in [6.07, 6.45) is 0.630. The third-order valence-electron chi connectivity index (χ3n) is 2.52. The van der Waals surface area contributed by atoms with E-state index in [0.717, 1.165) is 15.6 Å². The summed E-state index contributed by atoms with van der Waals surface area (Å²) >= 11 is 1.57. The minimum atomic E-state index is -0.211. The van der Waals surface area contributed by atoms with Crippen LogP contribution in [0.1, 0.15) is 36.3 Å². The monoisotopic (exact) mass is 279 g/mol. The molecule has 0 saturated heterocycles. The highest BCUT2D eigenvalue weighted by Crippen LogP contribution is 2.16. The Morgan fingerprint density at radius 2 is 1.95 bits per heavy atom. The fourth-order valence-corrected chi connectivity index (χ4v) is 2.41. The Morgan fingerprint density at radius 3 is 2.63 bits per heavy atom. The second-order valence-electron chi connectivity index (χ2n) is 5.50. The lowest BCUT2D eigenvalue weighted by atomic mass is 10.1. The highest BCUT2D eigenvalue weighted by Gasteiger charge is 2.11. The van der Waals surface area contributed by atoms with Gasteiger partial charge in [0, 0.05) is 12.0 Å². The molecule has 0 aliphatic heterocycles. The minimum absolute atomic E-state index is 0.0639. The molecule has 0 aliphatic carbocycles. The molecule has 102 valence electrons. The van der Waals surface area contributed by atoms with Crippen molar-refractivity contribution in [2.75, 3.05) is 0 Å². The molecule has 0 fully saturated rings. The van der Waals surface area contributed by atoms with Gasteiger partial charge in [-0.2, -0.15) is 0 Å². The number of nitrogens with zero attached hydrogens (tertiary/aromatic N) is 2. The first kappa shape index (κ1) is 14.1. The van der Waals surface area contributed by atoms with E-state index in [-0.39, 0.29) is 11.4 Å². The van der Waals surface area contributed by atoms with Gasteiger partial charge in [0.15, 0.2) is 0 Å². The van der Waals surface area contributed by atoms with Crippen LogP contribution in [0, 0.1) is 5.82 Å². The van der Waals surface area contributed by atoms with Gasteiger partial charge in [0.2, 0.25) is 0 Å². The van der Waals surface area contributed by atoms with Crippen LogP contribution in [0.3, 0.4) is 0 Å². The summed E-state index contributed by atoms with van der Waals surface area (Å²) in [6.45, 7) is 7.05. The molecule has 2 rings (SSSR count). The molecule has 0 spiro atoms. The van der Waals surface area contributed by atoms with Crippen molar-refractivity contribution in [1.82, 2.24) is 15.5 Å². The summed E-state index contributed by atoms with van der Waals surface area (Å²) in [4.78, 5) is 0. The van der Waals surface area contributed by atoms with Gasteiger partial charge in [-0.15, -0.1) is 10.2 Å². The first-order chi connectivity index (χ1) is 8.92. The van der Waals surface area contributed by atoms with E-state index in [1.165, 1.54) is 12.1 Å². The predicted octanol–water partition coefficient (Wildman–Crippen LogP) is 3.16. The van der Waals surface area contributed by atoms with Gasteiger partial charge < -0.3 is 5.32 Å². The van der Waals surface area contributed by atoms with Crippen LogP contribution in [-0.2, 0) is 13.0 Å². The molecule has 19 heavy (non-hydrogen) atoms. The van der Waals surface area contributed by atoms with Gasteiger partial charge in [0.25, 0.3) is 0 Å². The third kappa shape index (κ3) is 4.69. The van der Waals surface area contributed by atoms with Crippen molar-refractivity contribution in [3.63, 3.8) is 0 Å². The normalized spacial score (nSPS) is 11.8. The van der Waals surface area contributed by atoms with Crippen LogP contribution in [0.15, 0.2) is 24.3 Å². The number of nitrogens with one attached hydrogen (secondary N) is 1. The highest BCUT2D eigenvalue weighted by atomic mass is 32.1. The molecule has 5 heteroatoms. The molecule has 1 aromatic heterocycles. The molecule has 1 heterocycles. The Labute approximate surface area is 116 Å². The first-order valence-electron chi connectivity index (χ1n) is 6.23. The second-order valence-corrected chi connectivity index (χ2v) is 6.65. The van der Waals surface area contributed by atoms with E-state index in [4.69, 9.17) is 0 Å². The molecule has 1 N–H and O–H groups in total. The quantitative estimate of drug-likeness (QED) is 0.934. The molecule has 0 aliphatic rings. The summed E-state index contributed by atoms with van der Waals surface area (Å²) in [5.41, 5.74) is 0.987. The summed E-state index contributed by atoms with van der Waals surface area (Å²) in [6, 6.07) is 6.60. The lowest BCUT2D eigenvalue weighted by molar-refractivity contribution is 0.423. The molecule has 0 amide bonds. The van der Waals surface area contributed by atoms with Gasteiger partial charge in [0.05, 0.1) is 6.54 Å². The molecule has 0 saturated carbocycles. The standard InChI is InChI=1S/C14H18FN3S/c1-14(2,3)16-9-13-18-17-12(19-13)8-10-5-4-6-11(15)7-10/h4-7,16H,8-9H2,1-3H3. The maximum absolute atomic E-state index is 13.1. The number of halogens is 1. The average Bonchev–Trinajstić information content (AvgIpc) is 2.73. The summed E-state index contributed by atoms with van der Waals surface area (Å²) in [5.74, 6) is -0.211. The highest BCUT2D eigenvalue weighted by molar-refractivity contribution is 7.11. The van der Waals surface area contributed by atoms with Crippen LogP contribution in [0.2, 0.25) is 0 Å². The molecule has 2 aromatic rings. The molecular weight excluding hydrogens is 261 g/mol. The van der Waals surface area contributed by atoms with Crippen molar-refractivity contribution in [3.05, 3.63) is 45.7 Å². The maximum atomic E-state index is 13.1. The van der Waals surface area contributed by atoms with Gasteiger partial charge in [0.1, 0.15) is 15.8 Å². The Hall–Kier alpha value is -1.33. The first-order valence-corrected chi connectivity index (χ1v) is 7.05. The molecule has 0 unspecified atom stereocenters. The number of hydrogen-bond acceptors (Lipinski definition) is 4. The number of rotatable bonds is 4. The van der Waals surface area contributed by atoms with Crippen LogP contribution in [0.5, 0.6) is 0 Å². The maximum Gasteiger partial charge on any atom is 0.131 e. The third-order valence-corrected chi connectivity index (χ3v) is 3.45. The van der Waals surface area contributed by atoms with Gasteiger partial charge >= 0.3 is 0 Å². The Kier molecular flexibility index (Phi) is 4.27. The topological polar surface area (TPSA) is 37.8 Å². The fourth-order valence-electron chi connectivity index (χ4n) is 1.59. The largest absolute Gasteiger partial charge is 0.306 e. The van der Waals surface area contributed by atoms with Crippen molar-refractivity contribution in [2.24, 2.45) is 0 Å². The van der Waals surface area contributed by atoms with Gasteiger partial charge in [-0.3, -0.25) is 0 Å². The lowest BCUT2D eigenvalue weighted by Gasteiger charge is -2.19. The van der Waals surface area contributed by atoms with Crippen molar-refractivity contribution >= 4 is 11.3 Å². The van der Waals surface area contributed by atoms with Crippen molar-refractivity contribution in [1.29, 1.82) is 0 Å². The van der Waals surface area contributed by atoms with Crippen LogP contribution in [0.25, 0.3) is 0 Å². The Balaban J connectivity index is 1.97. The number of hydrogen-bond donors (Lipinski definition) is 1. The van der Waals surface area contributed by atoms with E-state index in [9.17, 15) is 4.39 Å². The molecule has 0 bridgehead atoms. The van der Waals surface area contributed by atoms with Crippen LogP contribution in [-0.4, -0.2) is 15.7 Å². The van der Waals surface area contributed by atoms with E-state index in [2.05, 4.69) is 36.3 Å². The van der Waals surface area contributed by atoms with Gasteiger partial charge in [-0.05, 0) is 38.5 Å². The minimum Gasteiger partial charge on any atom is -0.306 e. The van der Waals surface area contributed by atoms with E-state index in [1.54, 1.807) is 17.4 Å². The Bertz CT molecular complexity index is 546. The fraction of sp³-hybridized carbons (Fsp3) is 0.429. The zero-order valence-electron chi connectivity index (χ0n) is 11.4. The predicted molar refractivity (Wildman–Crippen MR) is 75.7 cm³/mol. The molecule has 0 radical (unpaired) electrons. The zero-order chi connectivity index (χ0) is 13.9. The SMILES string of the molecule is CC(C)(C)NCc1nnc(Cc2cccc(F)c2)s1. The van der Waals surface area contributed by atoms with Crippen LogP contribution in [0.4, 0.5) is 4.39 Å². The molecule has 0 atom stereocenters. The number of benzene rings is 1. The molecule has 1 aromatic carbocycles. The Morgan fingerprint density at radius 1 is 1.21 bits per heavy atom. The zero-order valence-corrected chi connectivity index (χ0v) is 12.2. The van der Waals surface area contributed by atoms with Crippen molar-refractivity contribution in [3.8, 4) is 0 Å². The van der Waals surface area contributed by atoms with Crippen molar-refractivity contribution in [2.45, 2.75) is 39.3 Å². The van der Waals surface area contributed by atoms with Gasteiger partial charge in [-0.1, -0.05) is 23.5 Å². The molecular formula is C14H18FN3S. The smallest absolute Gasteiger partial charge is 0.131 e. The van der Waals surface area contributed by atoms with Crippen molar-refractivity contribution < 1.29 is 4.39 Å². The summed E-state index contributed by atoms with van der Waals surface area (Å²) in [5, 5.41) is 13.5. The lowest BCUT2D eigenvalue weighted by Crippen LogP contribution is -2.35.